The highest BCUT2D eigenvalue weighted by molar-refractivity contribution is 7.92. The van der Waals surface area contributed by atoms with Gasteiger partial charge in [-0.25, -0.2) is 8.42 Å². The second kappa shape index (κ2) is 5.94. The van der Waals surface area contributed by atoms with Crippen molar-refractivity contribution in [2.75, 3.05) is 10.8 Å². The highest BCUT2D eigenvalue weighted by Crippen LogP contribution is 2.24. The Morgan fingerprint density at radius 2 is 1.90 bits per heavy atom. The lowest BCUT2D eigenvalue weighted by Crippen LogP contribution is -2.30. The van der Waals surface area contributed by atoms with Gasteiger partial charge in [0.15, 0.2) is 0 Å². The lowest BCUT2D eigenvalue weighted by molar-refractivity contribution is 0.591. The molecule has 2 rings (SSSR count). The molecule has 0 aliphatic heterocycles. The number of anilines is 1. The standard InChI is InChI=1S/C15H15N3O2S/c1-3-18(14-6-8-17-9-7-14)21(19,20)15-5-4-13(11-16)12(2)10-15/h4-10H,3H2,1-2H3. The monoisotopic (exact) mass is 301 g/mol. The zero-order valence-electron chi connectivity index (χ0n) is 11.8. The first-order chi connectivity index (χ1) is 10.0. The van der Waals surface area contributed by atoms with Crippen LogP contribution < -0.4 is 4.31 Å². The third-order valence-corrected chi connectivity index (χ3v) is 5.04. The topological polar surface area (TPSA) is 74.1 Å². The molecule has 0 atom stereocenters. The molecule has 1 aromatic carbocycles. The van der Waals surface area contributed by atoms with Crippen LogP contribution in [0.3, 0.4) is 0 Å². The van der Waals surface area contributed by atoms with Crippen LogP contribution in [0.2, 0.25) is 0 Å². The predicted molar refractivity (Wildman–Crippen MR) is 80.3 cm³/mol. The van der Waals surface area contributed by atoms with E-state index < -0.39 is 10.0 Å². The average Bonchev–Trinajstić information content (AvgIpc) is 2.48. The molecule has 1 aromatic heterocycles. The van der Waals surface area contributed by atoms with Crippen LogP contribution in [-0.4, -0.2) is 19.9 Å². The minimum Gasteiger partial charge on any atom is -0.267 e. The van der Waals surface area contributed by atoms with Crippen LogP contribution >= 0.6 is 0 Å². The first kappa shape index (κ1) is 15.0. The summed E-state index contributed by atoms with van der Waals surface area (Å²) in [5.41, 5.74) is 1.68. The van der Waals surface area contributed by atoms with Gasteiger partial charge >= 0.3 is 0 Å². The van der Waals surface area contributed by atoms with Crippen LogP contribution in [0.4, 0.5) is 5.69 Å². The summed E-state index contributed by atoms with van der Waals surface area (Å²) in [7, 11) is -3.66. The summed E-state index contributed by atoms with van der Waals surface area (Å²) < 4.78 is 26.8. The SMILES string of the molecule is CCN(c1ccncc1)S(=O)(=O)c1ccc(C#N)c(C)c1. The van der Waals surface area contributed by atoms with Crippen molar-refractivity contribution in [3.05, 3.63) is 53.9 Å². The highest BCUT2D eigenvalue weighted by Gasteiger charge is 2.23. The van der Waals surface area contributed by atoms with Crippen molar-refractivity contribution in [2.24, 2.45) is 0 Å². The quantitative estimate of drug-likeness (QED) is 0.869. The van der Waals surface area contributed by atoms with E-state index in [9.17, 15) is 8.42 Å². The Balaban J connectivity index is 2.50. The molecule has 0 spiro atoms. The Bertz CT molecular complexity index is 780. The molecule has 21 heavy (non-hydrogen) atoms. The van der Waals surface area contributed by atoms with Crippen LogP contribution in [0.5, 0.6) is 0 Å². The van der Waals surface area contributed by atoms with Gasteiger partial charge in [-0.2, -0.15) is 5.26 Å². The van der Waals surface area contributed by atoms with E-state index in [-0.39, 0.29) is 4.90 Å². The fraction of sp³-hybridized carbons (Fsp3) is 0.200. The van der Waals surface area contributed by atoms with Crippen molar-refractivity contribution in [3.63, 3.8) is 0 Å². The molecule has 0 saturated heterocycles. The average molecular weight is 301 g/mol. The Labute approximate surface area is 124 Å². The Morgan fingerprint density at radius 3 is 2.43 bits per heavy atom. The summed E-state index contributed by atoms with van der Waals surface area (Å²) >= 11 is 0. The normalized spacial score (nSPS) is 10.9. The number of hydrogen-bond acceptors (Lipinski definition) is 4. The Hall–Kier alpha value is -2.39. The molecule has 0 aliphatic rings. The lowest BCUT2D eigenvalue weighted by atomic mass is 10.1. The van der Waals surface area contributed by atoms with Crippen molar-refractivity contribution in [2.45, 2.75) is 18.7 Å². The summed E-state index contributed by atoms with van der Waals surface area (Å²) in [5.74, 6) is 0. The van der Waals surface area contributed by atoms with Crippen molar-refractivity contribution < 1.29 is 8.42 Å². The van der Waals surface area contributed by atoms with E-state index in [2.05, 4.69) is 4.98 Å². The number of aryl methyl sites for hydroxylation is 1. The molecule has 0 unspecified atom stereocenters. The Morgan fingerprint density at radius 1 is 1.24 bits per heavy atom. The van der Waals surface area contributed by atoms with E-state index in [1.54, 1.807) is 38.4 Å². The van der Waals surface area contributed by atoms with Gasteiger partial charge in [0.25, 0.3) is 10.0 Å². The number of hydrogen-bond donors (Lipinski definition) is 0. The first-order valence-electron chi connectivity index (χ1n) is 6.44. The number of nitriles is 1. The third-order valence-electron chi connectivity index (χ3n) is 3.14. The molecular weight excluding hydrogens is 286 g/mol. The van der Waals surface area contributed by atoms with E-state index in [0.29, 0.717) is 23.4 Å². The number of nitrogens with zero attached hydrogens (tertiary/aromatic N) is 3. The van der Waals surface area contributed by atoms with Gasteiger partial charge < -0.3 is 0 Å². The van der Waals surface area contributed by atoms with Gasteiger partial charge in [0, 0.05) is 18.9 Å². The number of rotatable bonds is 4. The smallest absolute Gasteiger partial charge is 0.264 e. The summed E-state index contributed by atoms with van der Waals surface area (Å²) in [5, 5.41) is 8.93. The summed E-state index contributed by atoms with van der Waals surface area (Å²) in [6.07, 6.45) is 3.11. The largest absolute Gasteiger partial charge is 0.267 e. The predicted octanol–water partition coefficient (Wildman–Crippen LogP) is 2.48. The van der Waals surface area contributed by atoms with E-state index in [4.69, 9.17) is 5.26 Å². The summed E-state index contributed by atoms with van der Waals surface area (Å²) in [6.45, 7) is 3.81. The van der Waals surface area contributed by atoms with Crippen LogP contribution in [0.1, 0.15) is 18.1 Å². The van der Waals surface area contributed by atoms with Crippen LogP contribution in [0.25, 0.3) is 0 Å². The lowest BCUT2D eigenvalue weighted by Gasteiger charge is -2.23. The highest BCUT2D eigenvalue weighted by atomic mass is 32.2. The fourth-order valence-electron chi connectivity index (χ4n) is 2.05. The fourth-order valence-corrected chi connectivity index (χ4v) is 3.61. The number of aromatic nitrogens is 1. The minimum atomic E-state index is -3.66. The summed E-state index contributed by atoms with van der Waals surface area (Å²) in [4.78, 5) is 4.07. The molecule has 0 aliphatic carbocycles. The van der Waals surface area contributed by atoms with Crippen LogP contribution in [0, 0.1) is 18.3 Å². The third kappa shape index (κ3) is 2.88. The van der Waals surface area contributed by atoms with E-state index in [1.165, 1.54) is 22.5 Å². The molecular formula is C15H15N3O2S. The van der Waals surface area contributed by atoms with Gasteiger partial charge in [0.05, 0.1) is 22.2 Å². The van der Waals surface area contributed by atoms with Gasteiger partial charge in [0.2, 0.25) is 0 Å². The molecule has 0 fully saturated rings. The molecule has 2 aromatic rings. The second-order valence-electron chi connectivity index (χ2n) is 4.46. The molecule has 0 N–H and O–H groups in total. The molecule has 0 saturated carbocycles. The second-order valence-corrected chi connectivity index (χ2v) is 6.33. The molecule has 6 heteroatoms. The van der Waals surface area contributed by atoms with Gasteiger partial charge in [0.1, 0.15) is 0 Å². The van der Waals surface area contributed by atoms with Crippen LogP contribution in [-0.2, 0) is 10.0 Å². The molecule has 108 valence electrons. The molecule has 5 nitrogen and oxygen atoms in total. The van der Waals surface area contributed by atoms with Crippen LogP contribution in [0.15, 0.2) is 47.6 Å². The van der Waals surface area contributed by atoms with Crippen molar-refractivity contribution in [1.29, 1.82) is 5.26 Å². The van der Waals surface area contributed by atoms with Crippen molar-refractivity contribution in [3.8, 4) is 6.07 Å². The van der Waals surface area contributed by atoms with Gasteiger partial charge in [-0.3, -0.25) is 9.29 Å². The maximum Gasteiger partial charge on any atom is 0.264 e. The van der Waals surface area contributed by atoms with Gasteiger partial charge in [-0.05, 0) is 49.7 Å². The molecule has 0 bridgehead atoms. The first-order valence-corrected chi connectivity index (χ1v) is 7.88. The molecule has 1 heterocycles. The van der Waals surface area contributed by atoms with E-state index in [1.807, 2.05) is 6.07 Å². The summed E-state index contributed by atoms with van der Waals surface area (Å²) in [6, 6.07) is 9.85. The van der Waals surface area contributed by atoms with E-state index >= 15 is 0 Å². The molecule has 0 amide bonds. The van der Waals surface area contributed by atoms with Gasteiger partial charge in [-0.15, -0.1) is 0 Å². The van der Waals surface area contributed by atoms with Crippen molar-refractivity contribution in [1.82, 2.24) is 4.98 Å². The maximum absolute atomic E-state index is 12.7. The zero-order valence-corrected chi connectivity index (χ0v) is 12.6. The molecule has 0 radical (unpaired) electrons. The minimum absolute atomic E-state index is 0.178. The Kier molecular flexibility index (Phi) is 4.24. The number of benzene rings is 1. The maximum atomic E-state index is 12.7. The van der Waals surface area contributed by atoms with Gasteiger partial charge in [-0.1, -0.05) is 0 Å². The van der Waals surface area contributed by atoms with Crippen molar-refractivity contribution >= 4 is 15.7 Å². The van der Waals surface area contributed by atoms with E-state index in [0.717, 1.165) is 0 Å². The zero-order chi connectivity index (χ0) is 15.5. The number of pyridine rings is 1. The number of sulfonamides is 1.